The average molecular weight is 278 g/mol. The first-order chi connectivity index (χ1) is 9.61. The molecule has 1 aliphatic rings. The monoisotopic (exact) mass is 278 g/mol. The van der Waals surface area contributed by atoms with Gasteiger partial charge in [0.25, 0.3) is 0 Å². The van der Waals surface area contributed by atoms with Crippen LogP contribution in [-0.2, 0) is 4.79 Å². The second kappa shape index (κ2) is 6.72. The van der Waals surface area contributed by atoms with Crippen LogP contribution in [0.1, 0.15) is 30.9 Å². The molecular formula is C15H22N2O3. The number of hydrogen-bond acceptors (Lipinski definition) is 4. The van der Waals surface area contributed by atoms with Gasteiger partial charge in [-0.2, -0.15) is 0 Å². The number of rotatable bonds is 6. The van der Waals surface area contributed by atoms with E-state index in [4.69, 9.17) is 15.6 Å². The van der Waals surface area contributed by atoms with Gasteiger partial charge in [-0.3, -0.25) is 9.69 Å². The topological polar surface area (TPSA) is 75.8 Å². The summed E-state index contributed by atoms with van der Waals surface area (Å²) in [6.45, 7) is 2.01. The molecule has 1 saturated heterocycles. The number of aliphatic carboxylic acids is 1. The first-order valence-corrected chi connectivity index (χ1v) is 6.98. The lowest BCUT2D eigenvalue weighted by atomic mass is 9.98. The molecule has 3 N–H and O–H groups in total. The molecule has 2 rings (SSSR count). The lowest BCUT2D eigenvalue weighted by Crippen LogP contribution is -2.36. The Labute approximate surface area is 119 Å². The predicted molar refractivity (Wildman–Crippen MR) is 76.8 cm³/mol. The van der Waals surface area contributed by atoms with Gasteiger partial charge in [-0.1, -0.05) is 12.1 Å². The molecule has 0 unspecified atom stereocenters. The van der Waals surface area contributed by atoms with E-state index in [1.54, 1.807) is 7.11 Å². The van der Waals surface area contributed by atoms with Crippen LogP contribution in [0.5, 0.6) is 5.75 Å². The van der Waals surface area contributed by atoms with Crippen molar-refractivity contribution in [1.29, 1.82) is 0 Å². The lowest BCUT2D eigenvalue weighted by molar-refractivity contribution is -0.139. The van der Waals surface area contributed by atoms with Crippen LogP contribution in [0.15, 0.2) is 24.3 Å². The van der Waals surface area contributed by atoms with Crippen LogP contribution in [-0.4, -0.2) is 42.2 Å². The molecular weight excluding hydrogens is 256 g/mol. The maximum atomic E-state index is 11.0. The first kappa shape index (κ1) is 14.8. The van der Waals surface area contributed by atoms with Gasteiger partial charge in [0.2, 0.25) is 0 Å². The second-order valence-corrected chi connectivity index (χ2v) is 5.21. The van der Waals surface area contributed by atoms with Gasteiger partial charge in [0.1, 0.15) is 11.8 Å². The van der Waals surface area contributed by atoms with E-state index >= 15 is 0 Å². The number of carboxylic acid groups (broad SMARTS) is 1. The van der Waals surface area contributed by atoms with E-state index in [1.165, 1.54) is 0 Å². The lowest BCUT2D eigenvalue weighted by Gasteiger charge is -2.29. The van der Waals surface area contributed by atoms with Gasteiger partial charge < -0.3 is 15.6 Å². The van der Waals surface area contributed by atoms with Crippen molar-refractivity contribution < 1.29 is 14.6 Å². The molecule has 20 heavy (non-hydrogen) atoms. The standard InChI is InChI=1S/C15H22N2O3/c1-20-12-6-4-11(5-7-12)14(10-13(16)15(18)19)17-8-2-3-9-17/h4-7,13-14H,2-3,8-10,16H2,1H3,(H,18,19)/t13-,14-/m0/s1. The highest BCUT2D eigenvalue weighted by molar-refractivity contribution is 5.73. The molecule has 2 atom stereocenters. The number of nitrogens with zero attached hydrogens (tertiary/aromatic N) is 1. The first-order valence-electron chi connectivity index (χ1n) is 6.98. The molecule has 1 aromatic rings. The maximum Gasteiger partial charge on any atom is 0.320 e. The third-order valence-corrected chi connectivity index (χ3v) is 3.88. The molecule has 1 aliphatic heterocycles. The van der Waals surface area contributed by atoms with Crippen LogP contribution in [0, 0.1) is 0 Å². The molecule has 5 heteroatoms. The summed E-state index contributed by atoms with van der Waals surface area (Å²) in [6, 6.07) is 7.04. The van der Waals surface area contributed by atoms with E-state index < -0.39 is 12.0 Å². The van der Waals surface area contributed by atoms with Crippen LogP contribution in [0.3, 0.4) is 0 Å². The summed E-state index contributed by atoms with van der Waals surface area (Å²) in [5.74, 6) is -0.140. The zero-order valence-corrected chi connectivity index (χ0v) is 11.8. The third kappa shape index (κ3) is 3.49. The van der Waals surface area contributed by atoms with Gasteiger partial charge in [0.05, 0.1) is 7.11 Å². The fraction of sp³-hybridized carbons (Fsp3) is 0.533. The van der Waals surface area contributed by atoms with E-state index in [9.17, 15) is 4.79 Å². The number of benzene rings is 1. The summed E-state index contributed by atoms with van der Waals surface area (Å²) in [4.78, 5) is 13.3. The summed E-state index contributed by atoms with van der Waals surface area (Å²) in [5, 5.41) is 9.04. The maximum absolute atomic E-state index is 11.0. The minimum Gasteiger partial charge on any atom is -0.497 e. The van der Waals surface area contributed by atoms with Crippen molar-refractivity contribution in [3.63, 3.8) is 0 Å². The highest BCUT2D eigenvalue weighted by atomic mass is 16.5. The molecule has 0 saturated carbocycles. The van der Waals surface area contributed by atoms with Crippen molar-refractivity contribution in [1.82, 2.24) is 4.90 Å². The van der Waals surface area contributed by atoms with Crippen molar-refractivity contribution in [2.75, 3.05) is 20.2 Å². The zero-order chi connectivity index (χ0) is 14.5. The van der Waals surface area contributed by atoms with Crippen LogP contribution < -0.4 is 10.5 Å². The number of nitrogens with two attached hydrogens (primary N) is 1. The SMILES string of the molecule is COc1ccc([C@H](C[C@H](N)C(=O)O)N2CCCC2)cc1. The third-order valence-electron chi connectivity index (χ3n) is 3.88. The minimum absolute atomic E-state index is 0.0644. The number of likely N-dealkylation sites (tertiary alicyclic amines) is 1. The summed E-state index contributed by atoms with van der Waals surface area (Å²) in [6.07, 6.45) is 2.76. The fourth-order valence-corrected chi connectivity index (χ4v) is 2.72. The van der Waals surface area contributed by atoms with E-state index in [2.05, 4.69) is 4.90 Å². The number of ether oxygens (including phenoxy) is 1. The van der Waals surface area contributed by atoms with Gasteiger partial charge in [0, 0.05) is 6.04 Å². The van der Waals surface area contributed by atoms with Crippen LogP contribution >= 0.6 is 0 Å². The van der Waals surface area contributed by atoms with E-state index in [1.807, 2.05) is 24.3 Å². The Balaban J connectivity index is 2.17. The molecule has 0 aromatic heterocycles. The molecule has 0 spiro atoms. The Morgan fingerprint density at radius 3 is 2.45 bits per heavy atom. The Kier molecular flexibility index (Phi) is 4.98. The molecule has 110 valence electrons. The van der Waals surface area contributed by atoms with Crippen LogP contribution in [0.2, 0.25) is 0 Å². The van der Waals surface area contributed by atoms with E-state index in [0.29, 0.717) is 6.42 Å². The number of methoxy groups -OCH3 is 1. The summed E-state index contributed by atoms with van der Waals surface area (Å²) >= 11 is 0. The molecule has 1 fully saturated rings. The van der Waals surface area contributed by atoms with Crippen molar-refractivity contribution in [2.24, 2.45) is 5.73 Å². The number of carboxylic acids is 1. The Morgan fingerprint density at radius 1 is 1.35 bits per heavy atom. The molecule has 1 heterocycles. The summed E-state index contributed by atoms with van der Waals surface area (Å²) < 4.78 is 5.16. The Bertz CT molecular complexity index is 441. The van der Waals surface area contributed by atoms with E-state index in [0.717, 1.165) is 37.2 Å². The predicted octanol–water partition coefficient (Wildman–Crippen LogP) is 1.63. The highest BCUT2D eigenvalue weighted by Gasteiger charge is 2.27. The molecule has 5 nitrogen and oxygen atoms in total. The smallest absolute Gasteiger partial charge is 0.320 e. The average Bonchev–Trinajstić information content (AvgIpc) is 2.98. The largest absolute Gasteiger partial charge is 0.497 e. The summed E-state index contributed by atoms with van der Waals surface area (Å²) in [7, 11) is 1.63. The molecule has 0 amide bonds. The molecule has 1 aromatic carbocycles. The van der Waals surface area contributed by atoms with Crippen LogP contribution in [0.25, 0.3) is 0 Å². The van der Waals surface area contributed by atoms with Crippen LogP contribution in [0.4, 0.5) is 0 Å². The highest BCUT2D eigenvalue weighted by Crippen LogP contribution is 2.30. The van der Waals surface area contributed by atoms with Gasteiger partial charge >= 0.3 is 5.97 Å². The summed E-state index contributed by atoms with van der Waals surface area (Å²) in [5.41, 5.74) is 6.83. The van der Waals surface area contributed by atoms with Gasteiger partial charge in [-0.05, 0) is 50.0 Å². The Morgan fingerprint density at radius 2 is 1.95 bits per heavy atom. The Hall–Kier alpha value is -1.59. The molecule has 0 aliphatic carbocycles. The van der Waals surface area contributed by atoms with Gasteiger partial charge in [0.15, 0.2) is 0 Å². The molecule has 0 radical (unpaired) electrons. The van der Waals surface area contributed by atoms with Gasteiger partial charge in [-0.15, -0.1) is 0 Å². The number of hydrogen-bond donors (Lipinski definition) is 2. The number of carbonyl (C=O) groups is 1. The van der Waals surface area contributed by atoms with Crippen molar-refractivity contribution in [3.8, 4) is 5.75 Å². The van der Waals surface area contributed by atoms with Gasteiger partial charge in [-0.25, -0.2) is 0 Å². The minimum atomic E-state index is -0.942. The second-order valence-electron chi connectivity index (χ2n) is 5.21. The van der Waals surface area contributed by atoms with Crippen molar-refractivity contribution >= 4 is 5.97 Å². The normalized spacial score (nSPS) is 18.7. The van der Waals surface area contributed by atoms with Crippen molar-refractivity contribution in [2.45, 2.75) is 31.3 Å². The quantitative estimate of drug-likeness (QED) is 0.827. The van der Waals surface area contributed by atoms with E-state index in [-0.39, 0.29) is 6.04 Å². The fourth-order valence-electron chi connectivity index (χ4n) is 2.72. The van der Waals surface area contributed by atoms with Crippen molar-refractivity contribution in [3.05, 3.63) is 29.8 Å². The zero-order valence-electron chi connectivity index (χ0n) is 11.8. The molecule has 0 bridgehead atoms.